The average molecular weight is 629 g/mol. The molecule has 1 aromatic heterocycles. The number of aromatic nitrogens is 2. The number of ether oxygens (including phenoxy) is 3. The fourth-order valence-corrected chi connectivity index (χ4v) is 5.57. The Morgan fingerprint density at radius 3 is 1.82 bits per heavy atom. The van der Waals surface area contributed by atoms with E-state index in [4.69, 9.17) is 14.2 Å². The third-order valence-corrected chi connectivity index (χ3v) is 8.45. The molecular formula is C32H56N2O10. The maximum atomic E-state index is 12.4. The van der Waals surface area contributed by atoms with E-state index in [9.17, 15) is 35.1 Å². The van der Waals surface area contributed by atoms with Gasteiger partial charge in [-0.05, 0) is 6.42 Å². The highest BCUT2D eigenvalue weighted by molar-refractivity contribution is 5.69. The second kappa shape index (κ2) is 22.3. The monoisotopic (exact) mass is 628 g/mol. The number of imidazole rings is 1. The Balaban J connectivity index is 1.60. The van der Waals surface area contributed by atoms with Gasteiger partial charge in [0.2, 0.25) is 0 Å². The molecule has 1 aromatic rings. The highest BCUT2D eigenvalue weighted by Crippen LogP contribution is 2.28. The Kier molecular flexibility index (Phi) is 19.2. The summed E-state index contributed by atoms with van der Waals surface area (Å²) in [5.41, 5.74) is 0. The molecule has 0 bridgehead atoms. The van der Waals surface area contributed by atoms with Gasteiger partial charge < -0.3 is 44.3 Å². The van der Waals surface area contributed by atoms with Crippen LogP contribution in [-0.2, 0) is 19.0 Å². The van der Waals surface area contributed by atoms with Crippen LogP contribution in [0.1, 0.15) is 116 Å². The first kappa shape index (κ1) is 37.9. The summed E-state index contributed by atoms with van der Waals surface area (Å²) in [6.07, 6.45) is 13.9. The van der Waals surface area contributed by atoms with E-state index in [0.717, 1.165) is 19.3 Å². The highest BCUT2D eigenvalue weighted by Gasteiger charge is 2.50. The van der Waals surface area contributed by atoms with Crippen LogP contribution >= 0.6 is 0 Å². The number of rotatable bonds is 23. The number of carbonyl (C=O) groups is 2. The Hall–Kier alpha value is -2.25. The van der Waals surface area contributed by atoms with Crippen LogP contribution in [-0.4, -0.2) is 97.5 Å². The smallest absolute Gasteiger partial charge is 0.463 e. The van der Waals surface area contributed by atoms with Crippen LogP contribution in [0.15, 0.2) is 18.7 Å². The molecule has 5 N–H and O–H groups in total. The van der Waals surface area contributed by atoms with Gasteiger partial charge in [0.25, 0.3) is 0 Å². The number of hydrogen-bond donors (Lipinski definition) is 5. The molecule has 0 aromatic carbocycles. The Labute approximate surface area is 261 Å². The molecule has 12 nitrogen and oxygen atoms in total. The lowest BCUT2D eigenvalue weighted by atomic mass is 9.79. The summed E-state index contributed by atoms with van der Waals surface area (Å²) in [5, 5.41) is 49.8. The minimum Gasteiger partial charge on any atom is -0.463 e. The van der Waals surface area contributed by atoms with Gasteiger partial charge in [-0.3, -0.25) is 4.79 Å². The second-order valence-electron chi connectivity index (χ2n) is 12.0. The van der Waals surface area contributed by atoms with Gasteiger partial charge in [0, 0.05) is 24.7 Å². The van der Waals surface area contributed by atoms with E-state index < -0.39 is 55.2 Å². The average Bonchev–Trinajstić information content (AvgIpc) is 3.55. The van der Waals surface area contributed by atoms with E-state index >= 15 is 0 Å². The molecule has 0 amide bonds. The zero-order valence-electron chi connectivity index (χ0n) is 26.4. The maximum Gasteiger partial charge on any atom is 0.508 e. The Morgan fingerprint density at radius 1 is 0.750 bits per heavy atom. The molecule has 0 aliphatic heterocycles. The molecule has 0 spiro atoms. The molecule has 12 heteroatoms. The zero-order valence-corrected chi connectivity index (χ0v) is 26.4. The molecule has 7 atom stereocenters. The van der Waals surface area contributed by atoms with Crippen molar-refractivity contribution in [2.45, 2.75) is 146 Å². The number of aliphatic hydroxyl groups excluding tert-OH is 5. The van der Waals surface area contributed by atoms with Crippen LogP contribution in [0.4, 0.5) is 4.79 Å². The quantitative estimate of drug-likeness (QED) is 0.0878. The largest absolute Gasteiger partial charge is 0.508 e. The highest BCUT2D eigenvalue weighted by atomic mass is 16.7. The van der Waals surface area contributed by atoms with Crippen molar-refractivity contribution in [2.75, 3.05) is 19.8 Å². The van der Waals surface area contributed by atoms with E-state index in [1.807, 2.05) is 0 Å². The van der Waals surface area contributed by atoms with Gasteiger partial charge in [0.05, 0.1) is 19.0 Å². The molecule has 254 valence electrons. The van der Waals surface area contributed by atoms with Gasteiger partial charge in [-0.15, -0.1) is 0 Å². The lowest BCUT2D eigenvalue weighted by molar-refractivity contribution is -0.213. The SMILES string of the molecule is CCCCCCCCCCCCCCCCCC(=O)OC[C@H](COC(=O)O[C@H]1[C@H](O)[C@@H](O)[C@H](O)[C@@H](CO)[C@H]1O)n1ccnc1. The van der Waals surface area contributed by atoms with Crippen LogP contribution in [0.3, 0.4) is 0 Å². The number of unbranched alkanes of at least 4 members (excludes halogenated alkanes) is 14. The van der Waals surface area contributed by atoms with Crippen molar-refractivity contribution in [3.63, 3.8) is 0 Å². The van der Waals surface area contributed by atoms with E-state index in [0.29, 0.717) is 6.42 Å². The van der Waals surface area contributed by atoms with Crippen molar-refractivity contribution in [2.24, 2.45) is 5.92 Å². The van der Waals surface area contributed by atoms with Crippen molar-refractivity contribution < 1.29 is 49.3 Å². The number of carbonyl (C=O) groups excluding carboxylic acids is 2. The first-order valence-electron chi connectivity index (χ1n) is 16.6. The van der Waals surface area contributed by atoms with Crippen LogP contribution in [0.25, 0.3) is 0 Å². The normalized spacial score (nSPS) is 24.1. The lowest BCUT2D eigenvalue weighted by Gasteiger charge is -2.42. The molecule has 0 saturated heterocycles. The van der Waals surface area contributed by atoms with Crippen LogP contribution in [0, 0.1) is 5.92 Å². The molecule has 1 fully saturated rings. The van der Waals surface area contributed by atoms with Gasteiger partial charge in [-0.1, -0.05) is 96.8 Å². The summed E-state index contributed by atoms with van der Waals surface area (Å²) in [4.78, 5) is 28.7. The fraction of sp³-hybridized carbons (Fsp3) is 0.844. The predicted octanol–water partition coefficient (Wildman–Crippen LogP) is 3.82. The van der Waals surface area contributed by atoms with E-state index in [2.05, 4.69) is 11.9 Å². The lowest BCUT2D eigenvalue weighted by Crippen LogP contribution is -2.63. The van der Waals surface area contributed by atoms with Gasteiger partial charge >= 0.3 is 12.1 Å². The summed E-state index contributed by atoms with van der Waals surface area (Å²) in [5.74, 6) is -1.57. The van der Waals surface area contributed by atoms with Gasteiger partial charge in [0.1, 0.15) is 37.6 Å². The summed E-state index contributed by atoms with van der Waals surface area (Å²) in [7, 11) is 0. The fourth-order valence-electron chi connectivity index (χ4n) is 5.57. The molecule has 1 saturated carbocycles. The molecular weight excluding hydrogens is 572 g/mol. The Bertz CT molecular complexity index is 886. The van der Waals surface area contributed by atoms with Crippen molar-refractivity contribution in [3.05, 3.63) is 18.7 Å². The number of esters is 1. The van der Waals surface area contributed by atoms with Crippen molar-refractivity contribution >= 4 is 12.1 Å². The first-order chi connectivity index (χ1) is 21.3. The molecule has 0 unspecified atom stereocenters. The van der Waals surface area contributed by atoms with E-state index in [-0.39, 0.29) is 19.2 Å². The van der Waals surface area contributed by atoms with Crippen LogP contribution in [0.2, 0.25) is 0 Å². The van der Waals surface area contributed by atoms with E-state index in [1.54, 1.807) is 10.8 Å². The summed E-state index contributed by atoms with van der Waals surface area (Å²) < 4.78 is 17.2. The molecule has 1 aliphatic carbocycles. The standard InChI is InChI=1S/C32H56N2O10/c1-2-3-4-5-6-7-8-9-10-11-12-13-14-15-16-17-26(36)42-21-24(34-19-18-33-23-34)22-43-32(41)44-31-28(38)25(20-35)27(37)29(39)30(31)40/h18-19,23-25,27-31,35,37-40H,2-17,20-22H2,1H3/t24-,25-,27-,28-,29+,30-,31-/m1/s1. The Morgan fingerprint density at radius 2 is 1.30 bits per heavy atom. The van der Waals surface area contributed by atoms with Crippen molar-refractivity contribution in [3.8, 4) is 0 Å². The maximum absolute atomic E-state index is 12.4. The second-order valence-corrected chi connectivity index (χ2v) is 12.0. The van der Waals surface area contributed by atoms with Crippen molar-refractivity contribution in [1.82, 2.24) is 9.55 Å². The molecule has 1 heterocycles. The topological polar surface area (TPSA) is 181 Å². The predicted molar refractivity (Wildman–Crippen MR) is 163 cm³/mol. The summed E-state index contributed by atoms with van der Waals surface area (Å²) >= 11 is 0. The molecule has 44 heavy (non-hydrogen) atoms. The van der Waals surface area contributed by atoms with Crippen LogP contribution < -0.4 is 0 Å². The van der Waals surface area contributed by atoms with Crippen LogP contribution in [0.5, 0.6) is 0 Å². The molecule has 2 rings (SSSR count). The minimum atomic E-state index is -1.79. The van der Waals surface area contributed by atoms with Gasteiger partial charge in [0.15, 0.2) is 6.10 Å². The minimum absolute atomic E-state index is 0.0760. The third-order valence-electron chi connectivity index (χ3n) is 8.45. The molecule has 0 radical (unpaired) electrons. The summed E-state index contributed by atoms with van der Waals surface area (Å²) in [6.45, 7) is 1.20. The van der Waals surface area contributed by atoms with E-state index in [1.165, 1.54) is 89.6 Å². The van der Waals surface area contributed by atoms with Crippen molar-refractivity contribution in [1.29, 1.82) is 0 Å². The third kappa shape index (κ3) is 13.8. The number of hydrogen-bond acceptors (Lipinski definition) is 11. The first-order valence-corrected chi connectivity index (χ1v) is 16.6. The number of aliphatic hydroxyl groups is 5. The zero-order chi connectivity index (χ0) is 32.2. The summed E-state index contributed by atoms with van der Waals surface area (Å²) in [6, 6.07) is -0.603. The van der Waals surface area contributed by atoms with Gasteiger partial charge in [-0.2, -0.15) is 0 Å². The number of nitrogens with zero attached hydrogens (tertiary/aromatic N) is 2. The van der Waals surface area contributed by atoms with Gasteiger partial charge in [-0.25, -0.2) is 9.78 Å². The molecule has 1 aliphatic rings.